The Bertz CT molecular complexity index is 514. The van der Waals surface area contributed by atoms with Gasteiger partial charge in [-0.05, 0) is 18.9 Å². The van der Waals surface area contributed by atoms with Crippen molar-refractivity contribution in [3.63, 3.8) is 0 Å². The molecule has 1 N–H and O–H groups in total. The molecular weight excluding hydrogens is 278 g/mol. The van der Waals surface area contributed by atoms with Crippen LogP contribution in [0.25, 0.3) is 0 Å². The summed E-state index contributed by atoms with van der Waals surface area (Å²) in [4.78, 5) is 16.5. The standard InChI is InChI=1S/C12H13F4N3O/c1-17-10-9(13)8(4-5-18-10)11(20)19(7-2-3-7)6-12(14,15)16/h4-5,7H,2-3,6H2,1H3,(H,17,18). The number of amides is 1. The third kappa shape index (κ3) is 3.17. The summed E-state index contributed by atoms with van der Waals surface area (Å²) in [5, 5.41) is 2.44. The van der Waals surface area contributed by atoms with E-state index in [1.807, 2.05) is 0 Å². The van der Waals surface area contributed by atoms with E-state index < -0.39 is 36.1 Å². The topological polar surface area (TPSA) is 45.2 Å². The molecule has 0 aliphatic heterocycles. The first kappa shape index (κ1) is 14.5. The number of nitrogens with zero attached hydrogens (tertiary/aromatic N) is 2. The maximum absolute atomic E-state index is 13.9. The highest BCUT2D eigenvalue weighted by Crippen LogP contribution is 2.32. The molecule has 20 heavy (non-hydrogen) atoms. The molecule has 110 valence electrons. The Morgan fingerprint density at radius 2 is 2.15 bits per heavy atom. The monoisotopic (exact) mass is 291 g/mol. The molecule has 1 amide bonds. The molecule has 0 spiro atoms. The molecule has 1 aromatic heterocycles. The molecule has 8 heteroatoms. The van der Waals surface area contributed by atoms with Gasteiger partial charge >= 0.3 is 6.18 Å². The summed E-state index contributed by atoms with van der Waals surface area (Å²) in [6.07, 6.45) is -2.31. The Morgan fingerprint density at radius 1 is 1.50 bits per heavy atom. The molecule has 0 radical (unpaired) electrons. The Hall–Kier alpha value is -1.86. The number of hydrogen-bond donors (Lipinski definition) is 1. The highest BCUT2D eigenvalue weighted by molar-refractivity contribution is 5.95. The zero-order chi connectivity index (χ0) is 14.9. The summed E-state index contributed by atoms with van der Waals surface area (Å²) in [7, 11) is 1.41. The Kier molecular flexibility index (Phi) is 3.82. The predicted molar refractivity (Wildman–Crippen MR) is 63.9 cm³/mol. The van der Waals surface area contributed by atoms with Gasteiger partial charge in [-0.3, -0.25) is 4.79 Å². The van der Waals surface area contributed by atoms with E-state index >= 15 is 0 Å². The van der Waals surface area contributed by atoms with Crippen LogP contribution in [0, 0.1) is 5.82 Å². The summed E-state index contributed by atoms with van der Waals surface area (Å²) >= 11 is 0. The summed E-state index contributed by atoms with van der Waals surface area (Å²) in [5.41, 5.74) is -0.402. The van der Waals surface area contributed by atoms with E-state index in [2.05, 4.69) is 10.3 Å². The van der Waals surface area contributed by atoms with Crippen molar-refractivity contribution in [1.82, 2.24) is 9.88 Å². The highest BCUT2D eigenvalue weighted by Gasteiger charge is 2.41. The van der Waals surface area contributed by atoms with Crippen molar-refractivity contribution in [2.75, 3.05) is 18.9 Å². The normalized spacial score (nSPS) is 15.1. The fourth-order valence-corrected chi connectivity index (χ4v) is 1.88. The molecular formula is C12H13F4N3O. The first-order valence-corrected chi connectivity index (χ1v) is 6.03. The molecule has 4 nitrogen and oxygen atoms in total. The number of nitrogens with one attached hydrogen (secondary N) is 1. The van der Waals surface area contributed by atoms with E-state index in [4.69, 9.17) is 0 Å². The lowest BCUT2D eigenvalue weighted by Crippen LogP contribution is -2.41. The van der Waals surface area contributed by atoms with Gasteiger partial charge in [0.05, 0.1) is 5.56 Å². The average Bonchev–Trinajstić information content (AvgIpc) is 3.18. The van der Waals surface area contributed by atoms with E-state index in [0.717, 1.165) is 6.07 Å². The van der Waals surface area contributed by atoms with Crippen molar-refractivity contribution in [2.24, 2.45) is 0 Å². The molecule has 0 aromatic carbocycles. The number of carbonyl (C=O) groups is 1. The molecule has 0 saturated heterocycles. The SMILES string of the molecule is CNc1nccc(C(=O)N(CC(F)(F)F)C2CC2)c1F. The fraction of sp³-hybridized carbons (Fsp3) is 0.500. The smallest absolute Gasteiger partial charge is 0.371 e. The second-order valence-electron chi connectivity index (χ2n) is 4.55. The number of halogens is 4. The quantitative estimate of drug-likeness (QED) is 0.867. The molecule has 0 bridgehead atoms. The van der Waals surface area contributed by atoms with Crippen molar-refractivity contribution < 1.29 is 22.4 Å². The minimum Gasteiger partial charge on any atom is -0.371 e. The third-order valence-electron chi connectivity index (χ3n) is 2.95. The van der Waals surface area contributed by atoms with Gasteiger partial charge in [0, 0.05) is 19.3 Å². The molecule has 0 atom stereocenters. The van der Waals surface area contributed by atoms with Crippen LogP contribution in [0.4, 0.5) is 23.4 Å². The molecule has 2 rings (SSSR count). The first-order valence-electron chi connectivity index (χ1n) is 6.03. The summed E-state index contributed by atoms with van der Waals surface area (Å²) in [6, 6.07) is 0.624. The second kappa shape index (κ2) is 5.26. The largest absolute Gasteiger partial charge is 0.406 e. The highest BCUT2D eigenvalue weighted by atomic mass is 19.4. The van der Waals surface area contributed by atoms with Crippen LogP contribution < -0.4 is 5.32 Å². The summed E-state index contributed by atoms with van der Waals surface area (Å²) in [5.74, 6) is -2.06. The van der Waals surface area contributed by atoms with Crippen molar-refractivity contribution in [3.8, 4) is 0 Å². The number of pyridine rings is 1. The maximum Gasteiger partial charge on any atom is 0.406 e. The van der Waals surface area contributed by atoms with Crippen molar-refractivity contribution >= 4 is 11.7 Å². The summed E-state index contributed by atoms with van der Waals surface area (Å²) < 4.78 is 51.5. The Balaban J connectivity index is 2.28. The molecule has 1 fully saturated rings. The first-order chi connectivity index (χ1) is 9.33. The van der Waals surface area contributed by atoms with Crippen molar-refractivity contribution in [1.29, 1.82) is 0 Å². The van der Waals surface area contributed by atoms with Gasteiger partial charge in [-0.2, -0.15) is 13.2 Å². The van der Waals surface area contributed by atoms with Gasteiger partial charge in [0.15, 0.2) is 11.6 Å². The minimum absolute atomic E-state index is 0.168. The number of anilines is 1. The lowest BCUT2D eigenvalue weighted by Gasteiger charge is -2.24. The summed E-state index contributed by atoms with van der Waals surface area (Å²) in [6.45, 7) is -1.37. The number of rotatable bonds is 4. The van der Waals surface area contributed by atoms with Crippen LogP contribution >= 0.6 is 0 Å². The van der Waals surface area contributed by atoms with Crippen LogP contribution in [0.2, 0.25) is 0 Å². The number of alkyl halides is 3. The molecule has 1 saturated carbocycles. The molecule has 0 unspecified atom stereocenters. The van der Waals surface area contributed by atoms with Crippen LogP contribution in [0.3, 0.4) is 0 Å². The van der Waals surface area contributed by atoms with E-state index in [1.165, 1.54) is 13.2 Å². The van der Waals surface area contributed by atoms with E-state index in [0.29, 0.717) is 17.7 Å². The predicted octanol–water partition coefficient (Wildman–Crippen LogP) is 2.43. The molecule has 1 aliphatic carbocycles. The lowest BCUT2D eigenvalue weighted by molar-refractivity contribution is -0.141. The van der Waals surface area contributed by atoms with Crippen LogP contribution in [0.15, 0.2) is 12.3 Å². The van der Waals surface area contributed by atoms with E-state index in [1.54, 1.807) is 0 Å². The van der Waals surface area contributed by atoms with Crippen LogP contribution in [0.5, 0.6) is 0 Å². The van der Waals surface area contributed by atoms with Gasteiger partial charge < -0.3 is 10.2 Å². The van der Waals surface area contributed by atoms with Gasteiger partial charge in [0.1, 0.15) is 6.54 Å². The van der Waals surface area contributed by atoms with Gasteiger partial charge in [-0.15, -0.1) is 0 Å². The van der Waals surface area contributed by atoms with Crippen molar-refractivity contribution in [3.05, 3.63) is 23.6 Å². The van der Waals surface area contributed by atoms with E-state index in [9.17, 15) is 22.4 Å². The Morgan fingerprint density at radius 3 is 2.65 bits per heavy atom. The van der Waals surface area contributed by atoms with Crippen LogP contribution in [-0.2, 0) is 0 Å². The number of carbonyl (C=O) groups excluding carboxylic acids is 1. The zero-order valence-corrected chi connectivity index (χ0v) is 10.7. The van der Waals surface area contributed by atoms with E-state index in [-0.39, 0.29) is 5.82 Å². The fourth-order valence-electron chi connectivity index (χ4n) is 1.88. The molecule has 1 aliphatic rings. The average molecular weight is 291 g/mol. The molecule has 1 aromatic rings. The van der Waals surface area contributed by atoms with Gasteiger partial charge in [0.2, 0.25) is 0 Å². The zero-order valence-electron chi connectivity index (χ0n) is 10.7. The lowest BCUT2D eigenvalue weighted by atomic mass is 10.2. The Labute approximate surface area is 112 Å². The van der Waals surface area contributed by atoms with Gasteiger partial charge in [-0.25, -0.2) is 9.37 Å². The number of aromatic nitrogens is 1. The van der Waals surface area contributed by atoms with Gasteiger partial charge in [-0.1, -0.05) is 0 Å². The maximum atomic E-state index is 13.9. The van der Waals surface area contributed by atoms with Crippen LogP contribution in [-0.4, -0.2) is 41.6 Å². The number of hydrogen-bond acceptors (Lipinski definition) is 3. The van der Waals surface area contributed by atoms with Crippen LogP contribution in [0.1, 0.15) is 23.2 Å². The minimum atomic E-state index is -4.51. The molecule has 1 heterocycles. The van der Waals surface area contributed by atoms with Crippen molar-refractivity contribution in [2.45, 2.75) is 25.1 Å². The second-order valence-corrected chi connectivity index (χ2v) is 4.55. The third-order valence-corrected chi connectivity index (χ3v) is 2.95. The van der Waals surface area contributed by atoms with Gasteiger partial charge in [0.25, 0.3) is 5.91 Å².